The number of benzene rings is 1. The summed E-state index contributed by atoms with van der Waals surface area (Å²) in [6, 6.07) is 11.0. The summed E-state index contributed by atoms with van der Waals surface area (Å²) < 4.78 is 3.63. The molecule has 1 aliphatic rings. The maximum Gasteiger partial charge on any atom is 0.246 e. The van der Waals surface area contributed by atoms with Crippen molar-refractivity contribution in [1.82, 2.24) is 24.1 Å². The molecule has 1 saturated heterocycles. The second-order valence-electron chi connectivity index (χ2n) is 7.84. The van der Waals surface area contributed by atoms with Gasteiger partial charge in [-0.2, -0.15) is 4.98 Å². The third-order valence-corrected chi connectivity index (χ3v) is 5.68. The highest BCUT2D eigenvalue weighted by Crippen LogP contribution is 2.28. The Bertz CT molecular complexity index is 1310. The number of aliphatic hydroxyl groups excluding tert-OH is 1. The molecule has 5 rings (SSSR count). The fraction of sp³-hybridized carbons (Fsp3) is 0.217. The lowest BCUT2D eigenvalue weighted by molar-refractivity contribution is 0.101. The molecule has 0 bridgehead atoms. The van der Waals surface area contributed by atoms with E-state index in [1.54, 1.807) is 29.9 Å². The number of carbonyl (C=O) groups excluding carboxylic acids is 1. The molecule has 0 aliphatic carbocycles. The van der Waals surface area contributed by atoms with Crippen molar-refractivity contribution in [2.45, 2.75) is 25.8 Å². The number of hydrogen-bond acceptors (Lipinski definition) is 7. The van der Waals surface area contributed by atoms with Crippen LogP contribution in [0, 0.1) is 0 Å². The molecular weight excluding hydrogens is 406 g/mol. The van der Waals surface area contributed by atoms with Gasteiger partial charge in [-0.05, 0) is 56.2 Å². The number of hydrogen-bond donors (Lipinski definition) is 2. The lowest BCUT2D eigenvalue weighted by Gasteiger charge is -2.24. The first-order valence-electron chi connectivity index (χ1n) is 10.4. The van der Waals surface area contributed by atoms with Crippen LogP contribution in [0.15, 0.2) is 67.5 Å². The zero-order valence-corrected chi connectivity index (χ0v) is 17.6. The minimum atomic E-state index is -0.187. The molecule has 9 heteroatoms. The quantitative estimate of drug-likeness (QED) is 0.354. The van der Waals surface area contributed by atoms with Crippen LogP contribution in [0.1, 0.15) is 30.1 Å². The SMILES string of the molecule is C=C(O)[C@@H]1CCCN1c1nc(Nc2cn(-c3ccc(C(C)=O)cc3)cn2)c2cccn2n1. The summed E-state index contributed by atoms with van der Waals surface area (Å²) in [6.45, 7) is 6.01. The summed E-state index contributed by atoms with van der Waals surface area (Å²) >= 11 is 0. The average molecular weight is 429 g/mol. The van der Waals surface area contributed by atoms with Gasteiger partial charge in [-0.1, -0.05) is 6.58 Å². The van der Waals surface area contributed by atoms with E-state index in [0.717, 1.165) is 30.6 Å². The van der Waals surface area contributed by atoms with Crippen molar-refractivity contribution in [2.75, 3.05) is 16.8 Å². The van der Waals surface area contributed by atoms with Gasteiger partial charge >= 0.3 is 0 Å². The average Bonchev–Trinajstić information content (AvgIpc) is 3.53. The van der Waals surface area contributed by atoms with Crippen molar-refractivity contribution in [3.8, 4) is 5.69 Å². The Morgan fingerprint density at radius 1 is 1.25 bits per heavy atom. The molecule has 2 N–H and O–H groups in total. The Kier molecular flexibility index (Phi) is 4.85. The van der Waals surface area contributed by atoms with Gasteiger partial charge in [0.05, 0.1) is 12.2 Å². The third kappa shape index (κ3) is 3.58. The van der Waals surface area contributed by atoms with E-state index in [0.29, 0.717) is 23.1 Å². The summed E-state index contributed by atoms with van der Waals surface area (Å²) in [7, 11) is 0. The Morgan fingerprint density at radius 2 is 2.06 bits per heavy atom. The highest BCUT2D eigenvalue weighted by Gasteiger charge is 2.29. The maximum absolute atomic E-state index is 11.5. The van der Waals surface area contributed by atoms with Crippen molar-refractivity contribution in [3.63, 3.8) is 0 Å². The minimum absolute atomic E-state index is 0.0327. The van der Waals surface area contributed by atoms with Crippen LogP contribution in [0.2, 0.25) is 0 Å². The van der Waals surface area contributed by atoms with Crippen LogP contribution in [0.4, 0.5) is 17.6 Å². The number of nitrogens with one attached hydrogen (secondary N) is 1. The molecule has 0 radical (unpaired) electrons. The van der Waals surface area contributed by atoms with E-state index in [-0.39, 0.29) is 17.6 Å². The van der Waals surface area contributed by atoms with Crippen molar-refractivity contribution >= 4 is 28.9 Å². The Balaban J connectivity index is 1.45. The molecule has 3 aromatic heterocycles. The summed E-state index contributed by atoms with van der Waals surface area (Å²) in [4.78, 5) is 22.7. The topological polar surface area (TPSA) is 101 Å². The predicted molar refractivity (Wildman–Crippen MR) is 122 cm³/mol. The second-order valence-corrected chi connectivity index (χ2v) is 7.84. The van der Waals surface area contributed by atoms with Gasteiger partial charge in [-0.25, -0.2) is 9.50 Å². The maximum atomic E-state index is 11.5. The molecule has 0 saturated carbocycles. The number of nitrogens with zero attached hydrogens (tertiary/aromatic N) is 6. The third-order valence-electron chi connectivity index (χ3n) is 5.68. The molecule has 1 aliphatic heterocycles. The van der Waals surface area contributed by atoms with Gasteiger partial charge in [0.25, 0.3) is 0 Å². The molecule has 0 unspecified atom stereocenters. The molecule has 1 fully saturated rings. The number of aromatic nitrogens is 5. The summed E-state index contributed by atoms with van der Waals surface area (Å²) in [5.74, 6) is 1.92. The standard InChI is InChI=1S/C23H23N7O2/c1-15(31)17-7-9-18(10-8-17)28-13-21(24-14-28)25-22-20-6-4-12-30(20)27-23(26-22)29-11-3-5-19(29)16(2)32/h4,6-10,12-14,19,32H,2-3,5,11H2,1H3,(H,25,26,27)/t19-/m0/s1. The number of imidazole rings is 1. The number of fused-ring (bicyclic) bond motifs is 1. The van der Waals surface area contributed by atoms with E-state index in [9.17, 15) is 9.90 Å². The monoisotopic (exact) mass is 429 g/mol. The molecule has 4 aromatic rings. The second kappa shape index (κ2) is 7.84. The zero-order chi connectivity index (χ0) is 22.2. The van der Waals surface area contributed by atoms with Gasteiger partial charge in [0.15, 0.2) is 11.6 Å². The van der Waals surface area contributed by atoms with Gasteiger partial charge in [-0.3, -0.25) is 4.79 Å². The smallest absolute Gasteiger partial charge is 0.246 e. The van der Waals surface area contributed by atoms with Gasteiger partial charge in [0.1, 0.15) is 23.4 Å². The number of aliphatic hydroxyl groups is 1. The number of carbonyl (C=O) groups is 1. The molecule has 1 atom stereocenters. The van der Waals surface area contributed by atoms with Crippen molar-refractivity contribution in [1.29, 1.82) is 0 Å². The van der Waals surface area contributed by atoms with E-state index < -0.39 is 0 Å². The van der Waals surface area contributed by atoms with Crippen molar-refractivity contribution in [3.05, 3.63) is 73.0 Å². The van der Waals surface area contributed by atoms with Crippen LogP contribution in [0.25, 0.3) is 11.2 Å². The largest absolute Gasteiger partial charge is 0.511 e. The Hall–Kier alpha value is -4.14. The van der Waals surface area contributed by atoms with Crippen LogP contribution < -0.4 is 10.2 Å². The van der Waals surface area contributed by atoms with Gasteiger partial charge in [-0.15, -0.1) is 5.10 Å². The van der Waals surface area contributed by atoms with Gasteiger partial charge < -0.3 is 19.9 Å². The predicted octanol–water partition coefficient (Wildman–Crippen LogP) is 3.90. The van der Waals surface area contributed by atoms with Crippen LogP contribution in [-0.2, 0) is 0 Å². The van der Waals surface area contributed by atoms with Crippen LogP contribution in [0.5, 0.6) is 0 Å². The number of anilines is 3. The first-order valence-corrected chi connectivity index (χ1v) is 10.4. The molecule has 162 valence electrons. The highest BCUT2D eigenvalue weighted by atomic mass is 16.3. The van der Waals surface area contributed by atoms with Crippen LogP contribution in [-0.4, -0.2) is 47.6 Å². The highest BCUT2D eigenvalue weighted by molar-refractivity contribution is 5.94. The normalized spacial score (nSPS) is 15.9. The lowest BCUT2D eigenvalue weighted by Crippen LogP contribution is -2.32. The van der Waals surface area contributed by atoms with E-state index >= 15 is 0 Å². The molecule has 32 heavy (non-hydrogen) atoms. The summed E-state index contributed by atoms with van der Waals surface area (Å²) in [6.07, 6.45) is 7.18. The first kappa shape index (κ1) is 19.8. The summed E-state index contributed by atoms with van der Waals surface area (Å²) in [5.41, 5.74) is 2.38. The number of Topliss-reactive ketones (excluding diaryl/α,β-unsaturated/α-hetero) is 1. The molecular formula is C23H23N7O2. The van der Waals surface area contributed by atoms with E-state index in [2.05, 4.69) is 22.0 Å². The first-order chi connectivity index (χ1) is 15.5. The fourth-order valence-corrected chi connectivity index (χ4v) is 4.01. The lowest BCUT2D eigenvalue weighted by atomic mass is 10.1. The number of rotatable bonds is 6. The molecule has 0 amide bonds. The van der Waals surface area contributed by atoms with E-state index in [4.69, 9.17) is 4.98 Å². The minimum Gasteiger partial charge on any atom is -0.511 e. The van der Waals surface area contributed by atoms with Crippen LogP contribution >= 0.6 is 0 Å². The molecule has 0 spiro atoms. The fourth-order valence-electron chi connectivity index (χ4n) is 4.01. The van der Waals surface area contributed by atoms with E-state index in [1.165, 1.54) is 0 Å². The Morgan fingerprint density at radius 3 is 2.81 bits per heavy atom. The van der Waals surface area contributed by atoms with E-state index in [1.807, 2.05) is 46.1 Å². The van der Waals surface area contributed by atoms with Crippen molar-refractivity contribution < 1.29 is 9.90 Å². The molecule has 9 nitrogen and oxygen atoms in total. The van der Waals surface area contributed by atoms with Crippen LogP contribution in [0.3, 0.4) is 0 Å². The van der Waals surface area contributed by atoms with Gasteiger partial charge in [0.2, 0.25) is 5.95 Å². The number of ketones is 1. The molecule has 1 aromatic carbocycles. The zero-order valence-electron chi connectivity index (χ0n) is 17.6. The molecule has 4 heterocycles. The summed E-state index contributed by atoms with van der Waals surface area (Å²) in [5, 5.41) is 17.9. The Labute approximate surface area is 184 Å². The van der Waals surface area contributed by atoms with Gasteiger partial charge in [0, 0.05) is 24.0 Å². The van der Waals surface area contributed by atoms with Crippen molar-refractivity contribution in [2.24, 2.45) is 0 Å².